The van der Waals surface area contributed by atoms with Crippen LogP contribution in [0.4, 0.5) is 13.2 Å². The standard InChI is InChI=1S/C13H18F3N3O/c1-9(2)12(20)18-5-3-10(4-6-18)19-7-11(17-8-19)13(14,15)16/h7-10H,3-6H2,1-2H3. The topological polar surface area (TPSA) is 38.1 Å². The van der Waals surface area contributed by atoms with Crippen LogP contribution in [-0.4, -0.2) is 33.4 Å². The van der Waals surface area contributed by atoms with E-state index in [1.54, 1.807) is 4.90 Å². The summed E-state index contributed by atoms with van der Waals surface area (Å²) in [6.45, 7) is 4.86. The summed E-state index contributed by atoms with van der Waals surface area (Å²) in [4.78, 5) is 17.0. The van der Waals surface area contributed by atoms with Gasteiger partial charge in [0, 0.05) is 31.2 Å². The maximum atomic E-state index is 12.5. The van der Waals surface area contributed by atoms with Crippen LogP contribution in [0.2, 0.25) is 0 Å². The molecule has 1 aromatic heterocycles. The van der Waals surface area contributed by atoms with Crippen molar-refractivity contribution in [2.24, 2.45) is 5.92 Å². The van der Waals surface area contributed by atoms with Crippen molar-refractivity contribution in [1.29, 1.82) is 0 Å². The number of carbonyl (C=O) groups excluding carboxylic acids is 1. The van der Waals surface area contributed by atoms with Crippen molar-refractivity contribution < 1.29 is 18.0 Å². The fraction of sp³-hybridized carbons (Fsp3) is 0.692. The van der Waals surface area contributed by atoms with Gasteiger partial charge >= 0.3 is 6.18 Å². The first-order chi connectivity index (χ1) is 9.29. The molecule has 0 N–H and O–H groups in total. The number of imidazole rings is 1. The molecule has 4 nitrogen and oxygen atoms in total. The quantitative estimate of drug-likeness (QED) is 0.839. The van der Waals surface area contributed by atoms with Gasteiger partial charge in [0.15, 0.2) is 5.69 Å². The Morgan fingerprint density at radius 2 is 1.95 bits per heavy atom. The molecule has 0 aromatic carbocycles. The van der Waals surface area contributed by atoms with E-state index in [-0.39, 0.29) is 17.9 Å². The molecule has 0 unspecified atom stereocenters. The van der Waals surface area contributed by atoms with Crippen molar-refractivity contribution in [1.82, 2.24) is 14.5 Å². The van der Waals surface area contributed by atoms with Gasteiger partial charge in [0.1, 0.15) is 0 Å². The highest BCUT2D eigenvalue weighted by Gasteiger charge is 2.34. The second-order valence-corrected chi connectivity index (χ2v) is 5.42. The van der Waals surface area contributed by atoms with Gasteiger partial charge in [-0.3, -0.25) is 4.79 Å². The lowest BCUT2D eigenvalue weighted by atomic mass is 10.0. The van der Waals surface area contributed by atoms with Crippen molar-refractivity contribution in [2.75, 3.05) is 13.1 Å². The number of amides is 1. The second-order valence-electron chi connectivity index (χ2n) is 5.42. The van der Waals surface area contributed by atoms with Gasteiger partial charge in [-0.1, -0.05) is 13.8 Å². The molecule has 1 aromatic rings. The summed E-state index contributed by atoms with van der Waals surface area (Å²) < 4.78 is 39.0. The van der Waals surface area contributed by atoms with Gasteiger partial charge < -0.3 is 9.47 Å². The average molecular weight is 289 g/mol. The normalized spacial score (nSPS) is 17.8. The van der Waals surface area contributed by atoms with E-state index in [2.05, 4.69) is 4.98 Å². The van der Waals surface area contributed by atoms with Gasteiger partial charge in [0.25, 0.3) is 0 Å². The van der Waals surface area contributed by atoms with Crippen LogP contribution >= 0.6 is 0 Å². The first kappa shape index (κ1) is 14.9. The van der Waals surface area contributed by atoms with E-state index >= 15 is 0 Å². The second kappa shape index (κ2) is 5.46. The molecule has 7 heteroatoms. The number of aromatic nitrogens is 2. The van der Waals surface area contributed by atoms with Gasteiger partial charge in [-0.2, -0.15) is 13.2 Å². The van der Waals surface area contributed by atoms with Crippen LogP contribution in [0.3, 0.4) is 0 Å². The highest BCUT2D eigenvalue weighted by Crippen LogP contribution is 2.30. The van der Waals surface area contributed by atoms with Crippen molar-refractivity contribution in [3.63, 3.8) is 0 Å². The molecule has 0 radical (unpaired) electrons. The van der Waals surface area contributed by atoms with Crippen LogP contribution in [0.5, 0.6) is 0 Å². The molecule has 0 aliphatic carbocycles. The van der Waals surface area contributed by atoms with Crippen molar-refractivity contribution in [2.45, 2.75) is 38.9 Å². The van der Waals surface area contributed by atoms with Gasteiger partial charge in [-0.15, -0.1) is 0 Å². The predicted molar refractivity (Wildman–Crippen MR) is 66.9 cm³/mol. The molecular weight excluding hydrogens is 271 g/mol. The first-order valence-electron chi connectivity index (χ1n) is 6.68. The Bertz CT molecular complexity index is 473. The molecule has 112 valence electrons. The third-order valence-corrected chi connectivity index (χ3v) is 3.58. The van der Waals surface area contributed by atoms with Crippen LogP contribution in [0, 0.1) is 5.92 Å². The molecule has 1 aliphatic heterocycles. The molecular formula is C13H18F3N3O. The minimum atomic E-state index is -4.40. The van der Waals surface area contributed by atoms with E-state index < -0.39 is 11.9 Å². The zero-order valence-electron chi connectivity index (χ0n) is 11.5. The maximum absolute atomic E-state index is 12.5. The van der Waals surface area contributed by atoms with Crippen molar-refractivity contribution in [3.8, 4) is 0 Å². The minimum absolute atomic E-state index is 0.0187. The van der Waals surface area contributed by atoms with Crippen LogP contribution in [0.1, 0.15) is 38.4 Å². The Kier molecular flexibility index (Phi) is 4.06. The number of halogens is 3. The molecule has 0 spiro atoms. The molecule has 0 saturated carbocycles. The Morgan fingerprint density at radius 3 is 2.40 bits per heavy atom. The zero-order chi connectivity index (χ0) is 14.9. The molecule has 1 saturated heterocycles. The van der Waals surface area contributed by atoms with Gasteiger partial charge in [-0.05, 0) is 12.8 Å². The number of alkyl halides is 3. The fourth-order valence-corrected chi connectivity index (χ4v) is 2.43. The molecule has 0 atom stereocenters. The number of rotatable bonds is 2. The van der Waals surface area contributed by atoms with Crippen molar-refractivity contribution in [3.05, 3.63) is 18.2 Å². The van der Waals surface area contributed by atoms with Gasteiger partial charge in [0.05, 0.1) is 6.33 Å². The minimum Gasteiger partial charge on any atom is -0.342 e. The monoisotopic (exact) mass is 289 g/mol. The van der Waals surface area contributed by atoms with Crippen LogP contribution in [0.25, 0.3) is 0 Å². The van der Waals surface area contributed by atoms with E-state index in [4.69, 9.17) is 0 Å². The number of carbonyl (C=O) groups is 1. The number of piperidine rings is 1. The third-order valence-electron chi connectivity index (χ3n) is 3.58. The van der Waals surface area contributed by atoms with E-state index in [1.807, 2.05) is 13.8 Å². The lowest BCUT2D eigenvalue weighted by Crippen LogP contribution is -2.40. The smallest absolute Gasteiger partial charge is 0.342 e. The summed E-state index contributed by atoms with van der Waals surface area (Å²) in [6, 6.07) is -0.0187. The van der Waals surface area contributed by atoms with Crippen LogP contribution in [0.15, 0.2) is 12.5 Å². The van der Waals surface area contributed by atoms with E-state index in [0.717, 1.165) is 6.20 Å². The fourth-order valence-electron chi connectivity index (χ4n) is 2.43. The summed E-state index contributed by atoms with van der Waals surface area (Å²) in [5, 5.41) is 0. The highest BCUT2D eigenvalue weighted by atomic mass is 19.4. The Balaban J connectivity index is 1.97. The third kappa shape index (κ3) is 3.13. The zero-order valence-corrected chi connectivity index (χ0v) is 11.5. The largest absolute Gasteiger partial charge is 0.434 e. The summed E-state index contributed by atoms with van der Waals surface area (Å²) in [7, 11) is 0. The summed E-state index contributed by atoms with van der Waals surface area (Å²) in [5.41, 5.74) is -0.863. The van der Waals surface area contributed by atoms with Gasteiger partial charge in [-0.25, -0.2) is 4.98 Å². The lowest BCUT2D eigenvalue weighted by Gasteiger charge is -2.33. The van der Waals surface area contributed by atoms with E-state index in [1.165, 1.54) is 10.9 Å². The van der Waals surface area contributed by atoms with Crippen LogP contribution < -0.4 is 0 Å². The summed E-state index contributed by atoms with van der Waals surface area (Å²) in [5.74, 6) is 0.0571. The Hall–Kier alpha value is -1.53. The first-order valence-corrected chi connectivity index (χ1v) is 6.68. The SMILES string of the molecule is CC(C)C(=O)N1CCC(n2cnc(C(F)(F)F)c2)CC1. The average Bonchev–Trinajstić information content (AvgIpc) is 2.87. The summed E-state index contributed by atoms with van der Waals surface area (Å²) in [6.07, 6.45) is -0.810. The number of hydrogen-bond acceptors (Lipinski definition) is 2. The summed E-state index contributed by atoms with van der Waals surface area (Å²) >= 11 is 0. The molecule has 1 fully saturated rings. The molecule has 0 bridgehead atoms. The Labute approximate surface area is 115 Å². The molecule has 2 rings (SSSR count). The van der Waals surface area contributed by atoms with E-state index in [0.29, 0.717) is 25.9 Å². The lowest BCUT2D eigenvalue weighted by molar-refractivity contribution is -0.141. The highest BCUT2D eigenvalue weighted by molar-refractivity contribution is 5.78. The Morgan fingerprint density at radius 1 is 1.35 bits per heavy atom. The number of hydrogen-bond donors (Lipinski definition) is 0. The molecule has 20 heavy (non-hydrogen) atoms. The van der Waals surface area contributed by atoms with Crippen molar-refractivity contribution >= 4 is 5.91 Å². The number of nitrogens with zero attached hydrogens (tertiary/aromatic N) is 3. The molecule has 1 amide bonds. The maximum Gasteiger partial charge on any atom is 0.434 e. The van der Waals surface area contributed by atoms with E-state index in [9.17, 15) is 18.0 Å². The molecule has 2 heterocycles. The molecule has 1 aliphatic rings. The van der Waals surface area contributed by atoms with Gasteiger partial charge in [0.2, 0.25) is 5.91 Å². The van der Waals surface area contributed by atoms with Crippen LogP contribution in [-0.2, 0) is 11.0 Å². The number of likely N-dealkylation sites (tertiary alicyclic amines) is 1. The predicted octanol–water partition coefficient (Wildman–Crippen LogP) is 2.72.